The Morgan fingerprint density at radius 2 is 1.72 bits per heavy atom. The van der Waals surface area contributed by atoms with Crippen LogP contribution in [-0.2, 0) is 15.8 Å². The van der Waals surface area contributed by atoms with E-state index in [0.29, 0.717) is 22.6 Å². The number of sulfonamides is 1. The molecule has 0 spiro atoms. The lowest BCUT2D eigenvalue weighted by Gasteiger charge is -2.07. The molecule has 3 rings (SSSR count). The maximum atomic E-state index is 13.0. The Hall–Kier alpha value is -3.23. The van der Waals surface area contributed by atoms with Crippen LogP contribution in [-0.4, -0.2) is 20.9 Å². The van der Waals surface area contributed by atoms with Crippen LogP contribution in [0, 0.1) is 5.82 Å². The molecule has 0 fully saturated rings. The van der Waals surface area contributed by atoms with Crippen LogP contribution in [0.1, 0.15) is 16.1 Å². The van der Waals surface area contributed by atoms with Crippen LogP contribution >= 0.6 is 0 Å². The summed E-state index contributed by atoms with van der Waals surface area (Å²) in [6.45, 7) is 3.63. The molecule has 0 radical (unpaired) electrons. The van der Waals surface area contributed by atoms with Gasteiger partial charge in [-0.3, -0.25) is 4.79 Å². The highest BCUT2D eigenvalue weighted by molar-refractivity contribution is 7.88. The van der Waals surface area contributed by atoms with E-state index in [4.69, 9.17) is 4.42 Å². The predicted octanol–water partition coefficient (Wildman–Crippen LogP) is 3.94. The molecule has 8 heteroatoms. The number of benzene rings is 2. The van der Waals surface area contributed by atoms with E-state index in [-0.39, 0.29) is 23.9 Å². The summed E-state index contributed by atoms with van der Waals surface area (Å²) in [5, 5.41) is 2.69. The first-order valence-electron chi connectivity index (χ1n) is 8.70. The Morgan fingerprint density at radius 1 is 1.03 bits per heavy atom. The molecule has 0 saturated carbocycles. The van der Waals surface area contributed by atoms with E-state index < -0.39 is 15.9 Å². The first-order valence-corrected chi connectivity index (χ1v) is 10.4. The summed E-state index contributed by atoms with van der Waals surface area (Å²) in [6, 6.07) is 15.4. The normalized spacial score (nSPS) is 11.2. The molecule has 1 aromatic heterocycles. The van der Waals surface area contributed by atoms with Crippen LogP contribution in [0.5, 0.6) is 0 Å². The predicted molar refractivity (Wildman–Crippen MR) is 109 cm³/mol. The number of nitrogens with one attached hydrogen (secondary N) is 2. The summed E-state index contributed by atoms with van der Waals surface area (Å²) in [5.41, 5.74) is 1.73. The molecule has 150 valence electrons. The Bertz CT molecular complexity index is 1100. The van der Waals surface area contributed by atoms with Crippen molar-refractivity contribution in [2.45, 2.75) is 5.75 Å². The number of anilines is 1. The van der Waals surface area contributed by atoms with E-state index in [9.17, 15) is 17.6 Å². The van der Waals surface area contributed by atoms with Gasteiger partial charge in [0, 0.05) is 17.8 Å². The number of furan rings is 1. The van der Waals surface area contributed by atoms with Gasteiger partial charge in [-0.15, -0.1) is 6.58 Å². The topological polar surface area (TPSA) is 88.4 Å². The zero-order valence-corrected chi connectivity index (χ0v) is 16.2. The van der Waals surface area contributed by atoms with Crippen LogP contribution in [0.15, 0.2) is 77.7 Å². The smallest absolute Gasteiger partial charge is 0.291 e. The second kappa shape index (κ2) is 8.85. The fraction of sp³-hybridized carbons (Fsp3) is 0.0952. The average molecular weight is 414 g/mol. The van der Waals surface area contributed by atoms with E-state index in [0.717, 1.165) is 0 Å². The number of halogens is 1. The summed E-state index contributed by atoms with van der Waals surface area (Å²) in [7, 11) is -3.45. The highest BCUT2D eigenvalue weighted by atomic mass is 32.2. The van der Waals surface area contributed by atoms with Crippen molar-refractivity contribution < 1.29 is 22.0 Å². The Morgan fingerprint density at radius 3 is 2.38 bits per heavy atom. The van der Waals surface area contributed by atoms with Gasteiger partial charge in [0.15, 0.2) is 5.76 Å². The number of carbonyl (C=O) groups excluding carboxylic acids is 1. The van der Waals surface area contributed by atoms with Crippen molar-refractivity contribution in [2.75, 3.05) is 11.9 Å². The molecule has 6 nitrogen and oxygen atoms in total. The third-order valence-corrected chi connectivity index (χ3v) is 5.29. The Labute approximate surface area is 168 Å². The highest BCUT2D eigenvalue weighted by Crippen LogP contribution is 2.23. The van der Waals surface area contributed by atoms with Crippen molar-refractivity contribution in [1.29, 1.82) is 0 Å². The van der Waals surface area contributed by atoms with Gasteiger partial charge >= 0.3 is 0 Å². The van der Waals surface area contributed by atoms with Crippen molar-refractivity contribution in [3.05, 3.63) is 90.5 Å². The molecular formula is C21H19FN2O4S. The summed E-state index contributed by atoms with van der Waals surface area (Å²) in [5.74, 6) is -0.432. The van der Waals surface area contributed by atoms with E-state index in [1.807, 2.05) is 0 Å². The molecule has 3 aromatic rings. The second-order valence-corrected chi connectivity index (χ2v) is 8.02. The van der Waals surface area contributed by atoms with Crippen molar-refractivity contribution in [3.63, 3.8) is 0 Å². The molecule has 0 bridgehead atoms. The molecule has 1 amide bonds. The van der Waals surface area contributed by atoms with Crippen molar-refractivity contribution in [3.8, 4) is 11.3 Å². The van der Waals surface area contributed by atoms with Crippen LogP contribution in [0.3, 0.4) is 0 Å². The minimum atomic E-state index is -3.45. The number of hydrogen-bond donors (Lipinski definition) is 2. The standard InChI is InChI=1S/C21H19FN2O4S/c1-2-13-23-29(26,27)14-15-3-9-18(10-4-15)24-21(25)20-12-11-19(28-20)16-5-7-17(22)8-6-16/h2-12,23H,1,13-14H2,(H,24,25). The third kappa shape index (κ3) is 5.63. The van der Waals surface area contributed by atoms with Gasteiger partial charge < -0.3 is 9.73 Å². The maximum absolute atomic E-state index is 13.0. The van der Waals surface area contributed by atoms with Crippen LogP contribution in [0.2, 0.25) is 0 Å². The monoisotopic (exact) mass is 414 g/mol. The second-order valence-electron chi connectivity index (χ2n) is 6.22. The minimum absolute atomic E-state index is 0.101. The quantitative estimate of drug-likeness (QED) is 0.547. The number of hydrogen-bond acceptors (Lipinski definition) is 4. The third-order valence-electron chi connectivity index (χ3n) is 3.97. The van der Waals surface area contributed by atoms with Crippen LogP contribution in [0.25, 0.3) is 11.3 Å². The molecule has 0 aliphatic heterocycles. The number of amides is 1. The summed E-state index contributed by atoms with van der Waals surface area (Å²) in [4.78, 5) is 12.4. The molecule has 29 heavy (non-hydrogen) atoms. The van der Waals surface area contributed by atoms with E-state index in [1.165, 1.54) is 24.3 Å². The first kappa shape index (κ1) is 20.5. The van der Waals surface area contributed by atoms with Gasteiger partial charge in [0.05, 0.1) is 5.75 Å². The maximum Gasteiger partial charge on any atom is 0.291 e. The van der Waals surface area contributed by atoms with Gasteiger partial charge in [0.2, 0.25) is 10.0 Å². The molecule has 0 atom stereocenters. The zero-order chi connectivity index (χ0) is 20.9. The van der Waals surface area contributed by atoms with Gasteiger partial charge in [-0.2, -0.15) is 0 Å². The molecule has 0 unspecified atom stereocenters. The van der Waals surface area contributed by atoms with Crippen molar-refractivity contribution in [2.24, 2.45) is 0 Å². The van der Waals surface area contributed by atoms with E-state index >= 15 is 0 Å². The molecule has 0 aliphatic carbocycles. The van der Waals surface area contributed by atoms with Crippen LogP contribution in [0.4, 0.5) is 10.1 Å². The SMILES string of the molecule is C=CCNS(=O)(=O)Cc1ccc(NC(=O)c2ccc(-c3ccc(F)cc3)o2)cc1. The molecule has 1 heterocycles. The molecular weight excluding hydrogens is 395 g/mol. The number of carbonyl (C=O) groups is 1. The van der Waals surface area contributed by atoms with E-state index in [2.05, 4.69) is 16.6 Å². The summed E-state index contributed by atoms with van der Waals surface area (Å²) in [6.07, 6.45) is 1.46. The molecule has 0 saturated heterocycles. The summed E-state index contributed by atoms with van der Waals surface area (Å²) < 4.78 is 44.7. The lowest BCUT2D eigenvalue weighted by Crippen LogP contribution is -2.25. The lowest BCUT2D eigenvalue weighted by molar-refractivity contribution is 0.0997. The minimum Gasteiger partial charge on any atom is -0.451 e. The highest BCUT2D eigenvalue weighted by Gasteiger charge is 2.14. The van der Waals surface area contributed by atoms with Gasteiger partial charge in [0.1, 0.15) is 11.6 Å². The van der Waals surface area contributed by atoms with Crippen LogP contribution < -0.4 is 10.0 Å². The first-order chi connectivity index (χ1) is 13.9. The zero-order valence-electron chi connectivity index (χ0n) is 15.4. The average Bonchev–Trinajstić information content (AvgIpc) is 3.19. The fourth-order valence-corrected chi connectivity index (χ4v) is 3.67. The van der Waals surface area contributed by atoms with Gasteiger partial charge in [-0.1, -0.05) is 18.2 Å². The molecule has 2 N–H and O–H groups in total. The largest absolute Gasteiger partial charge is 0.451 e. The molecule has 2 aromatic carbocycles. The number of rotatable bonds is 8. The van der Waals surface area contributed by atoms with Gasteiger partial charge in [0.25, 0.3) is 5.91 Å². The lowest BCUT2D eigenvalue weighted by atomic mass is 10.2. The molecule has 0 aliphatic rings. The van der Waals surface area contributed by atoms with Crippen molar-refractivity contribution in [1.82, 2.24) is 4.72 Å². The van der Waals surface area contributed by atoms with Crippen molar-refractivity contribution >= 4 is 21.6 Å². The summed E-state index contributed by atoms with van der Waals surface area (Å²) >= 11 is 0. The fourth-order valence-electron chi connectivity index (χ4n) is 2.56. The van der Waals surface area contributed by atoms with Gasteiger partial charge in [-0.05, 0) is 54.1 Å². The van der Waals surface area contributed by atoms with E-state index in [1.54, 1.807) is 42.5 Å². The van der Waals surface area contributed by atoms with Gasteiger partial charge in [-0.25, -0.2) is 17.5 Å². The Balaban J connectivity index is 1.64. The Kier molecular flexibility index (Phi) is 6.26.